The number of nitrogens with one attached hydrogen (secondary N) is 1. The summed E-state index contributed by atoms with van der Waals surface area (Å²) in [5, 5.41) is 0. The highest BCUT2D eigenvalue weighted by Gasteiger charge is 2.08. The van der Waals surface area contributed by atoms with Crippen LogP contribution in [0, 0.1) is 0 Å². The zero-order valence-corrected chi connectivity index (χ0v) is 12.1. The number of benzene rings is 1. The topological polar surface area (TPSA) is 67.9 Å². The van der Waals surface area contributed by atoms with Gasteiger partial charge in [-0.05, 0) is 18.2 Å². The van der Waals surface area contributed by atoms with Crippen LogP contribution in [0.4, 0.5) is 0 Å². The number of pyridine rings is 1. The third-order valence-electron chi connectivity index (χ3n) is 3.32. The van der Waals surface area contributed by atoms with Gasteiger partial charge in [0.15, 0.2) is 0 Å². The molecule has 0 saturated heterocycles. The zero-order chi connectivity index (χ0) is 15.4. The summed E-state index contributed by atoms with van der Waals surface area (Å²) in [4.78, 5) is 23.2. The Bertz CT molecular complexity index is 829. The molecule has 0 radical (unpaired) electrons. The lowest BCUT2D eigenvalue weighted by Gasteiger charge is -2.08. The molecule has 2 aromatic heterocycles. The van der Waals surface area contributed by atoms with Gasteiger partial charge in [0, 0.05) is 36.0 Å². The average Bonchev–Trinajstić information content (AvgIpc) is 2.56. The number of hydrogen-bond acceptors (Lipinski definition) is 4. The van der Waals surface area contributed by atoms with Crippen molar-refractivity contribution in [1.82, 2.24) is 15.0 Å². The van der Waals surface area contributed by atoms with Crippen LogP contribution in [-0.2, 0) is 6.42 Å². The first kappa shape index (κ1) is 14.0. The van der Waals surface area contributed by atoms with Crippen molar-refractivity contribution in [3.8, 4) is 17.0 Å². The van der Waals surface area contributed by atoms with Crippen molar-refractivity contribution in [3.05, 3.63) is 76.6 Å². The van der Waals surface area contributed by atoms with Crippen LogP contribution in [0.5, 0.6) is 5.75 Å². The molecule has 5 nitrogen and oxygen atoms in total. The van der Waals surface area contributed by atoms with E-state index < -0.39 is 0 Å². The van der Waals surface area contributed by atoms with Gasteiger partial charge in [-0.1, -0.05) is 18.2 Å². The van der Waals surface area contributed by atoms with Crippen molar-refractivity contribution in [2.24, 2.45) is 0 Å². The van der Waals surface area contributed by atoms with Crippen LogP contribution >= 0.6 is 0 Å². The fourth-order valence-electron chi connectivity index (χ4n) is 2.29. The SMILES string of the molecule is COc1ccccc1Cc1nc(-c2ccncc2)cc(=O)[nH]1. The highest BCUT2D eigenvalue weighted by Crippen LogP contribution is 2.20. The number of H-pyrrole nitrogens is 1. The van der Waals surface area contributed by atoms with Crippen molar-refractivity contribution >= 4 is 0 Å². The van der Waals surface area contributed by atoms with Gasteiger partial charge < -0.3 is 9.72 Å². The van der Waals surface area contributed by atoms with Gasteiger partial charge in [-0.15, -0.1) is 0 Å². The van der Waals surface area contributed by atoms with Crippen molar-refractivity contribution < 1.29 is 4.74 Å². The van der Waals surface area contributed by atoms with Crippen molar-refractivity contribution in [1.29, 1.82) is 0 Å². The molecule has 0 aliphatic rings. The fourth-order valence-corrected chi connectivity index (χ4v) is 2.29. The van der Waals surface area contributed by atoms with Gasteiger partial charge in [-0.25, -0.2) is 4.98 Å². The molecule has 0 aliphatic carbocycles. The zero-order valence-electron chi connectivity index (χ0n) is 12.1. The van der Waals surface area contributed by atoms with E-state index in [-0.39, 0.29) is 5.56 Å². The summed E-state index contributed by atoms with van der Waals surface area (Å²) in [7, 11) is 1.63. The third-order valence-corrected chi connectivity index (χ3v) is 3.32. The summed E-state index contributed by atoms with van der Waals surface area (Å²) in [5.74, 6) is 1.38. The Morgan fingerprint density at radius 2 is 1.91 bits per heavy atom. The maximum atomic E-state index is 11.9. The standard InChI is InChI=1S/C17H15N3O2/c1-22-15-5-3-2-4-13(15)10-16-19-14(11-17(21)20-16)12-6-8-18-9-7-12/h2-9,11H,10H2,1H3,(H,19,20,21). The summed E-state index contributed by atoms with van der Waals surface area (Å²) in [6, 6.07) is 12.8. The van der Waals surface area contributed by atoms with E-state index in [0.29, 0.717) is 17.9 Å². The second-order valence-corrected chi connectivity index (χ2v) is 4.80. The lowest BCUT2D eigenvalue weighted by atomic mass is 10.1. The van der Waals surface area contributed by atoms with Gasteiger partial charge >= 0.3 is 0 Å². The van der Waals surface area contributed by atoms with E-state index >= 15 is 0 Å². The minimum Gasteiger partial charge on any atom is -0.496 e. The minimum atomic E-state index is -0.174. The van der Waals surface area contributed by atoms with E-state index in [2.05, 4.69) is 15.0 Å². The molecular weight excluding hydrogens is 278 g/mol. The number of aromatic amines is 1. The van der Waals surface area contributed by atoms with E-state index in [1.165, 1.54) is 6.07 Å². The van der Waals surface area contributed by atoms with E-state index in [1.54, 1.807) is 19.5 Å². The quantitative estimate of drug-likeness (QED) is 0.802. The molecule has 22 heavy (non-hydrogen) atoms. The molecule has 0 fully saturated rings. The van der Waals surface area contributed by atoms with E-state index in [0.717, 1.165) is 16.9 Å². The van der Waals surface area contributed by atoms with Gasteiger partial charge in [0.2, 0.25) is 0 Å². The smallest absolute Gasteiger partial charge is 0.251 e. The average molecular weight is 293 g/mol. The first-order chi connectivity index (χ1) is 10.8. The van der Waals surface area contributed by atoms with Crippen molar-refractivity contribution in [3.63, 3.8) is 0 Å². The first-order valence-corrected chi connectivity index (χ1v) is 6.89. The predicted octanol–water partition coefficient (Wildman–Crippen LogP) is 2.43. The van der Waals surface area contributed by atoms with Gasteiger partial charge in [-0.2, -0.15) is 0 Å². The van der Waals surface area contributed by atoms with Crippen LogP contribution in [0.2, 0.25) is 0 Å². The second-order valence-electron chi connectivity index (χ2n) is 4.80. The Hall–Kier alpha value is -2.95. The first-order valence-electron chi connectivity index (χ1n) is 6.89. The second kappa shape index (κ2) is 6.22. The summed E-state index contributed by atoms with van der Waals surface area (Å²) < 4.78 is 5.33. The van der Waals surface area contributed by atoms with Crippen LogP contribution in [0.3, 0.4) is 0 Å². The number of methoxy groups -OCH3 is 1. The fraction of sp³-hybridized carbons (Fsp3) is 0.118. The van der Waals surface area contributed by atoms with Crippen LogP contribution in [0.15, 0.2) is 59.7 Å². The summed E-state index contributed by atoms with van der Waals surface area (Å²) in [6.45, 7) is 0. The molecule has 0 atom stereocenters. The van der Waals surface area contributed by atoms with Gasteiger partial charge in [0.1, 0.15) is 11.6 Å². The van der Waals surface area contributed by atoms with Gasteiger partial charge in [0.25, 0.3) is 5.56 Å². The summed E-state index contributed by atoms with van der Waals surface area (Å²) in [5.41, 5.74) is 2.30. The Balaban J connectivity index is 1.98. The predicted molar refractivity (Wildman–Crippen MR) is 83.9 cm³/mol. The highest BCUT2D eigenvalue weighted by molar-refractivity contribution is 5.57. The van der Waals surface area contributed by atoms with Crippen LogP contribution in [0.1, 0.15) is 11.4 Å². The lowest BCUT2D eigenvalue weighted by Crippen LogP contribution is -2.11. The van der Waals surface area contributed by atoms with Gasteiger partial charge in [-0.3, -0.25) is 9.78 Å². The Morgan fingerprint density at radius 3 is 2.68 bits per heavy atom. The number of nitrogens with zero attached hydrogens (tertiary/aromatic N) is 2. The van der Waals surface area contributed by atoms with Crippen LogP contribution in [-0.4, -0.2) is 22.1 Å². The normalized spacial score (nSPS) is 10.4. The van der Waals surface area contributed by atoms with E-state index in [9.17, 15) is 4.79 Å². The number of hydrogen-bond donors (Lipinski definition) is 1. The van der Waals surface area contributed by atoms with Crippen molar-refractivity contribution in [2.75, 3.05) is 7.11 Å². The van der Waals surface area contributed by atoms with E-state index in [1.807, 2.05) is 36.4 Å². The molecule has 0 spiro atoms. The van der Waals surface area contributed by atoms with Gasteiger partial charge in [0.05, 0.1) is 12.8 Å². The lowest BCUT2D eigenvalue weighted by molar-refractivity contribution is 0.410. The number of para-hydroxylation sites is 1. The van der Waals surface area contributed by atoms with Crippen molar-refractivity contribution in [2.45, 2.75) is 6.42 Å². The van der Waals surface area contributed by atoms with Crippen LogP contribution < -0.4 is 10.3 Å². The molecule has 0 unspecified atom stereocenters. The molecule has 1 aromatic carbocycles. The molecule has 5 heteroatoms. The summed E-state index contributed by atoms with van der Waals surface area (Å²) in [6.07, 6.45) is 3.86. The van der Waals surface area contributed by atoms with E-state index in [4.69, 9.17) is 4.74 Å². The molecule has 3 aromatic rings. The molecule has 1 N–H and O–H groups in total. The maximum Gasteiger partial charge on any atom is 0.251 e. The number of rotatable bonds is 4. The summed E-state index contributed by atoms with van der Waals surface area (Å²) >= 11 is 0. The molecule has 0 saturated carbocycles. The Morgan fingerprint density at radius 1 is 1.14 bits per heavy atom. The molecule has 0 aliphatic heterocycles. The monoisotopic (exact) mass is 293 g/mol. The Labute approximate surface area is 127 Å². The molecule has 110 valence electrons. The van der Waals surface area contributed by atoms with Crippen LogP contribution in [0.25, 0.3) is 11.3 Å². The Kier molecular flexibility index (Phi) is 3.96. The molecule has 0 amide bonds. The molecule has 3 rings (SSSR count). The molecule has 2 heterocycles. The third kappa shape index (κ3) is 3.03. The molecular formula is C17H15N3O2. The molecule has 0 bridgehead atoms. The largest absolute Gasteiger partial charge is 0.496 e. The highest BCUT2D eigenvalue weighted by atomic mass is 16.5. The number of aromatic nitrogens is 3. The number of ether oxygens (including phenoxy) is 1. The minimum absolute atomic E-state index is 0.174. The maximum absolute atomic E-state index is 11.9.